The monoisotopic (exact) mass is 834 g/mol. The second-order valence-electron chi connectivity index (χ2n) is 25.2. The maximum atomic E-state index is 6.79. The predicted octanol–water partition coefficient (Wildman–Crippen LogP) is 17.6. The Morgan fingerprint density at radius 2 is 0.279 bits per heavy atom. The van der Waals surface area contributed by atoms with Crippen LogP contribution in [0.5, 0.6) is 0 Å². The van der Waals surface area contributed by atoms with E-state index in [0.717, 1.165) is 24.4 Å². The van der Waals surface area contributed by atoms with Gasteiger partial charge in [0.05, 0.1) is 14.2 Å². The molecule has 0 atom stereocenters. The molecule has 28 aromatic rings. The van der Waals surface area contributed by atoms with Crippen LogP contribution in [0.4, 0.5) is 0 Å². The first-order valence-corrected chi connectivity index (χ1v) is 25.4. The van der Waals surface area contributed by atoms with Crippen LogP contribution in [0, 0.1) is 0 Å². The van der Waals surface area contributed by atoms with Gasteiger partial charge in [0.15, 0.2) is 0 Å². The smallest absolute Gasteiger partial charge is 0.134 e. The van der Waals surface area contributed by atoms with Crippen molar-refractivity contribution in [1.82, 2.24) is 0 Å². The van der Waals surface area contributed by atoms with Gasteiger partial charge in [-0.25, -0.2) is 0 Å². The predicted molar refractivity (Wildman–Crippen MR) is 284 cm³/mol. The molecule has 5 aliphatic carbocycles. The van der Waals surface area contributed by atoms with Crippen molar-refractivity contribution in [2.75, 3.05) is 14.2 Å². The molecule has 0 amide bonds. The third-order valence-electron chi connectivity index (χ3n) is 25.3. The molecule has 0 saturated carbocycles. The van der Waals surface area contributed by atoms with E-state index >= 15 is 0 Å². The van der Waals surface area contributed by atoms with Crippen molar-refractivity contribution < 1.29 is 9.47 Å². The Morgan fingerprint density at radius 3 is 0.382 bits per heavy atom. The highest BCUT2D eigenvalue weighted by molar-refractivity contribution is 6.82. The molecule has 0 unspecified atom stereocenters. The second-order valence-corrected chi connectivity index (χ2v) is 25.2. The number of hydrogen-bond donors (Lipinski definition) is 0. The molecule has 0 aromatic heterocycles. The van der Waals surface area contributed by atoms with Crippen LogP contribution in [0.2, 0.25) is 0 Å². The van der Waals surface area contributed by atoms with Gasteiger partial charge in [-0.05, 0) is 313 Å². The first kappa shape index (κ1) is 25.1. The molecule has 286 valence electrons. The Bertz CT molecular complexity index is 6570. The zero-order chi connectivity index (χ0) is 40.5. The third kappa shape index (κ3) is 1.27. The van der Waals surface area contributed by atoms with Crippen LogP contribution in [0.3, 0.4) is 0 Å². The first-order valence-electron chi connectivity index (χ1n) is 25.4. The van der Waals surface area contributed by atoms with Gasteiger partial charge >= 0.3 is 0 Å². The van der Waals surface area contributed by atoms with Gasteiger partial charge in [0.1, 0.15) is 11.5 Å². The van der Waals surface area contributed by atoms with E-state index in [1.807, 2.05) is 14.2 Å². The lowest BCUT2D eigenvalue weighted by molar-refractivity contribution is 0.135. The summed E-state index contributed by atoms with van der Waals surface area (Å²) in [6.45, 7) is 0. The highest BCUT2D eigenvalue weighted by Gasteiger charge is 2.71. The Hall–Kier alpha value is -8.20. The normalized spacial score (nSPS) is 23.1. The van der Waals surface area contributed by atoms with E-state index in [4.69, 9.17) is 9.47 Å². The van der Waals surface area contributed by atoms with Crippen molar-refractivity contribution in [2.24, 2.45) is 0 Å². The molecular formula is C66H10O2. The molecule has 0 radical (unpaired) electrons. The van der Waals surface area contributed by atoms with E-state index < -0.39 is 0 Å². The highest BCUT2D eigenvalue weighted by Crippen LogP contribution is 2.86. The largest absolute Gasteiger partial charge is 0.498 e. The summed E-state index contributed by atoms with van der Waals surface area (Å²) in [5.41, 5.74) is 6.17. The first-order chi connectivity index (χ1) is 33.8. The molecule has 68 heavy (non-hydrogen) atoms. The summed E-state index contributed by atoms with van der Waals surface area (Å²) in [7, 11) is 3.91. The van der Waals surface area contributed by atoms with E-state index in [2.05, 4.69) is 0 Å². The van der Waals surface area contributed by atoms with Gasteiger partial charge in [-0.2, -0.15) is 0 Å². The number of hydrogen-bond acceptors (Lipinski definition) is 2. The number of allylic oxidation sites excluding steroid dienone is 2. The Morgan fingerprint density at radius 1 is 0.176 bits per heavy atom. The average Bonchev–Trinajstić information content (AvgIpc) is 4.29. The van der Waals surface area contributed by atoms with Gasteiger partial charge in [0.25, 0.3) is 0 Å². The quantitative estimate of drug-likeness (QED) is 0.162. The zero-order valence-corrected chi connectivity index (χ0v) is 35.2. The fourth-order valence-corrected chi connectivity index (χ4v) is 25.3. The molecule has 0 bridgehead atoms. The molecular weight excluding hydrogens is 825 g/mol. The van der Waals surface area contributed by atoms with Gasteiger partial charge in [-0.15, -0.1) is 0 Å². The summed E-state index contributed by atoms with van der Waals surface area (Å²) < 4.78 is 13.6. The maximum absolute atomic E-state index is 6.79. The summed E-state index contributed by atoms with van der Waals surface area (Å²) in [6.07, 6.45) is 1.70. The second kappa shape index (κ2) is 5.57. The van der Waals surface area contributed by atoms with E-state index in [1.165, 1.54) is 0 Å². The molecule has 2 nitrogen and oxygen atoms in total. The standard InChI is InChI=1S/C66H10O2/c1-67-5-3-65-61-53-45-35-25-17-9-7-8-11-15-13(9)21-29-23(15)33-27-19(11)20-12(8)16-14-10(7)18(17)26-32-22(14)30-24(16)34-28(20)38-37(27)47-41(33)51-43(29)49(39(45)31(21)25)57(61)59(51)63-55(47)56-48(38)42(34)52-44(30)50-40(32)46(36(26)35)54(53)62(65)58(50)60(52)64(56)66(63,65)4-6(5)68-2/h3-4H2,1-2H3. The van der Waals surface area contributed by atoms with Crippen molar-refractivity contribution >= 4 is 291 Å². The molecule has 0 aliphatic heterocycles. The summed E-state index contributed by atoms with van der Waals surface area (Å²) in [4.78, 5) is 0. The van der Waals surface area contributed by atoms with Crippen molar-refractivity contribution in [1.29, 1.82) is 0 Å². The fourth-order valence-electron chi connectivity index (χ4n) is 25.3. The van der Waals surface area contributed by atoms with Crippen LogP contribution in [0.25, 0.3) is 291 Å². The van der Waals surface area contributed by atoms with Crippen LogP contribution in [0.15, 0.2) is 11.5 Å². The molecule has 0 N–H and O–H groups in total. The molecule has 0 fully saturated rings. The summed E-state index contributed by atoms with van der Waals surface area (Å²) in [6, 6.07) is 0. The SMILES string of the molecule is COC1=C(OC)CC23c4c5c6c7c8c9c(c%10c%11c2c2c4c4c%12c5c5c6c6c8c8c%13c9c9c%10c%10c%11c%11c2c2c4c4c%12c%12c5c5c6c8c6c8c%13c9c9c%10c%10c%11c2c2c4c4c%12c5c6c5c8c9c%10c2c45)C73C1. The molecule has 0 saturated heterocycles. The van der Waals surface area contributed by atoms with E-state index in [0.29, 0.717) is 0 Å². The van der Waals surface area contributed by atoms with E-state index in [1.54, 1.807) is 313 Å². The van der Waals surface area contributed by atoms with Crippen LogP contribution in [0.1, 0.15) is 35.1 Å². The van der Waals surface area contributed by atoms with Crippen molar-refractivity contribution in [3.8, 4) is 0 Å². The Labute approximate surface area is 370 Å². The van der Waals surface area contributed by atoms with Gasteiger partial charge in [0, 0.05) is 23.7 Å². The van der Waals surface area contributed by atoms with Crippen molar-refractivity contribution in [3.63, 3.8) is 0 Å². The number of methoxy groups -OCH3 is 2. The summed E-state index contributed by atoms with van der Waals surface area (Å²) in [5.74, 6) is 2.16. The number of ether oxygens (including phenoxy) is 2. The topological polar surface area (TPSA) is 18.5 Å². The molecule has 33 rings (SSSR count). The van der Waals surface area contributed by atoms with Crippen molar-refractivity contribution in [2.45, 2.75) is 23.7 Å². The van der Waals surface area contributed by atoms with Gasteiger partial charge in [0.2, 0.25) is 0 Å². The highest BCUT2D eigenvalue weighted by atomic mass is 16.5. The van der Waals surface area contributed by atoms with Gasteiger partial charge in [-0.1, -0.05) is 0 Å². The summed E-state index contributed by atoms with van der Waals surface area (Å²) >= 11 is 0. The fraction of sp³-hybridized carbons (Fsp3) is 0.0909. The average molecular weight is 835 g/mol. The van der Waals surface area contributed by atoms with Crippen LogP contribution in [-0.4, -0.2) is 14.2 Å². The van der Waals surface area contributed by atoms with Crippen LogP contribution in [-0.2, 0) is 20.3 Å². The Kier molecular flexibility index (Phi) is 2.05. The lowest BCUT2D eigenvalue weighted by Crippen LogP contribution is -2.54. The lowest BCUT2D eigenvalue weighted by atomic mass is 9.44. The van der Waals surface area contributed by atoms with Crippen LogP contribution >= 0.6 is 0 Å². The minimum absolute atomic E-state index is 0.328. The molecule has 2 heteroatoms. The van der Waals surface area contributed by atoms with Gasteiger partial charge in [-0.3, -0.25) is 0 Å². The maximum Gasteiger partial charge on any atom is 0.134 e. The molecule has 28 aromatic carbocycles. The molecule has 0 heterocycles. The minimum Gasteiger partial charge on any atom is -0.498 e. The van der Waals surface area contributed by atoms with Gasteiger partial charge < -0.3 is 9.47 Å². The van der Waals surface area contributed by atoms with E-state index in [-0.39, 0.29) is 10.8 Å². The molecule has 5 aliphatic rings. The lowest BCUT2D eigenvalue weighted by Gasteiger charge is -2.56. The van der Waals surface area contributed by atoms with Crippen LogP contribution < -0.4 is 0 Å². The molecule has 2 spiro atoms. The van der Waals surface area contributed by atoms with Crippen molar-refractivity contribution in [3.05, 3.63) is 33.8 Å². The summed E-state index contributed by atoms with van der Waals surface area (Å²) in [5, 5.41) is 89.0. The minimum atomic E-state index is -0.328. The third-order valence-corrected chi connectivity index (χ3v) is 25.3. The number of rotatable bonds is 2. The van der Waals surface area contributed by atoms with E-state index in [9.17, 15) is 0 Å². The zero-order valence-electron chi connectivity index (χ0n) is 35.2. The number of benzene rings is 18. The Balaban J connectivity index is 1.23.